The number of halogens is 6. The third-order valence-electron chi connectivity index (χ3n) is 2.49. The fraction of sp³-hybridized carbons (Fsp3) is 1.00. The molecule has 2 aliphatic rings. The largest absolute Gasteiger partial charge is 0.311 e. The van der Waals surface area contributed by atoms with Crippen molar-refractivity contribution in [2.24, 2.45) is 0 Å². The summed E-state index contributed by atoms with van der Waals surface area (Å²) in [7, 11) is 0. The molecule has 2 N–H and O–H groups in total. The fourth-order valence-electron chi connectivity index (χ4n) is 1.68. The second-order valence-electron chi connectivity index (χ2n) is 4.18. The summed E-state index contributed by atoms with van der Waals surface area (Å²) >= 11 is 0. The lowest BCUT2D eigenvalue weighted by molar-refractivity contribution is 0.173. The minimum Gasteiger partial charge on any atom is -0.311 e. The van der Waals surface area contributed by atoms with Crippen LogP contribution in [-0.4, -0.2) is 50.9 Å². The van der Waals surface area contributed by atoms with Crippen molar-refractivity contribution < 1.29 is 17.6 Å². The predicted octanol–water partition coefficient (Wildman–Crippen LogP) is 2.16. The molecule has 112 valence electrons. The minimum atomic E-state index is -0.973. The van der Waals surface area contributed by atoms with Gasteiger partial charge < -0.3 is 10.6 Å². The number of piperidine rings is 2. The maximum atomic E-state index is 12.1. The van der Waals surface area contributed by atoms with Gasteiger partial charge in [0.25, 0.3) is 0 Å². The van der Waals surface area contributed by atoms with Crippen molar-refractivity contribution in [2.75, 3.05) is 26.2 Å². The lowest BCUT2D eigenvalue weighted by Gasteiger charge is -2.18. The lowest BCUT2D eigenvalue weighted by atomic mass is 10.1. The zero-order valence-electron chi connectivity index (χ0n) is 9.88. The first-order chi connectivity index (χ1) is 7.58. The molecule has 0 radical (unpaired) electrons. The molecule has 2 saturated heterocycles. The Kier molecular flexibility index (Phi) is 12.6. The van der Waals surface area contributed by atoms with E-state index < -0.39 is 24.7 Å². The topological polar surface area (TPSA) is 24.1 Å². The summed E-state index contributed by atoms with van der Waals surface area (Å²) in [5.74, 6) is 0. The van der Waals surface area contributed by atoms with Crippen molar-refractivity contribution >= 4 is 24.8 Å². The van der Waals surface area contributed by atoms with Gasteiger partial charge in [-0.15, -0.1) is 24.8 Å². The highest BCUT2D eigenvalue weighted by Crippen LogP contribution is 2.09. The van der Waals surface area contributed by atoms with E-state index in [4.69, 9.17) is 0 Å². The Labute approximate surface area is 117 Å². The Hall–Kier alpha value is 0.220. The Morgan fingerprint density at radius 1 is 0.556 bits per heavy atom. The summed E-state index contributed by atoms with van der Waals surface area (Å²) in [6, 6.07) is 0. The molecule has 4 atom stereocenters. The molecule has 2 rings (SSSR count). The van der Waals surface area contributed by atoms with Crippen molar-refractivity contribution in [2.45, 2.75) is 37.5 Å². The number of rotatable bonds is 0. The first-order valence-electron chi connectivity index (χ1n) is 5.55. The predicted molar refractivity (Wildman–Crippen MR) is 69.1 cm³/mol. The van der Waals surface area contributed by atoms with Gasteiger partial charge in [0.05, 0.1) is 0 Å². The van der Waals surface area contributed by atoms with Gasteiger partial charge in [-0.3, -0.25) is 0 Å². The van der Waals surface area contributed by atoms with Gasteiger partial charge in [0.1, 0.15) is 24.7 Å². The molecule has 0 aromatic carbocycles. The van der Waals surface area contributed by atoms with E-state index in [2.05, 4.69) is 10.6 Å². The van der Waals surface area contributed by atoms with E-state index in [-0.39, 0.29) is 37.7 Å². The molecule has 2 fully saturated rings. The SMILES string of the molecule is Cl.Cl.F[C@@H]1CNC[C@H](F)C1.F[C@@H]1CNC[C@H](F)C1. The van der Waals surface area contributed by atoms with Gasteiger partial charge in [-0.25, -0.2) is 17.6 Å². The molecule has 8 heteroatoms. The van der Waals surface area contributed by atoms with Gasteiger partial charge >= 0.3 is 0 Å². The maximum Gasteiger partial charge on any atom is 0.115 e. The number of hydrogen-bond donors (Lipinski definition) is 2. The van der Waals surface area contributed by atoms with Crippen molar-refractivity contribution in [3.8, 4) is 0 Å². The highest BCUT2D eigenvalue weighted by atomic mass is 35.5. The van der Waals surface area contributed by atoms with Crippen LogP contribution in [0.3, 0.4) is 0 Å². The molecule has 0 unspecified atom stereocenters. The van der Waals surface area contributed by atoms with Crippen molar-refractivity contribution in [3.63, 3.8) is 0 Å². The summed E-state index contributed by atoms with van der Waals surface area (Å²) in [6.45, 7) is 1.28. The van der Waals surface area contributed by atoms with Gasteiger partial charge in [-0.1, -0.05) is 0 Å². The summed E-state index contributed by atoms with van der Waals surface area (Å²) in [5, 5.41) is 5.27. The Balaban J connectivity index is 0. The number of hydrogen-bond acceptors (Lipinski definition) is 2. The molecular formula is C10H20Cl2F4N2. The first-order valence-corrected chi connectivity index (χ1v) is 5.55. The van der Waals surface area contributed by atoms with Gasteiger partial charge in [0.2, 0.25) is 0 Å². The third kappa shape index (κ3) is 9.19. The van der Waals surface area contributed by atoms with Crippen molar-refractivity contribution in [3.05, 3.63) is 0 Å². The second-order valence-corrected chi connectivity index (χ2v) is 4.18. The molecule has 2 aliphatic heterocycles. The second kappa shape index (κ2) is 11.1. The first kappa shape index (κ1) is 20.5. The molecule has 0 aliphatic carbocycles. The fourth-order valence-corrected chi connectivity index (χ4v) is 1.68. The lowest BCUT2D eigenvalue weighted by Crippen LogP contribution is -2.38. The summed E-state index contributed by atoms with van der Waals surface area (Å²) in [6.07, 6.45) is -3.74. The molecule has 0 bridgehead atoms. The Morgan fingerprint density at radius 2 is 0.778 bits per heavy atom. The van der Waals surface area contributed by atoms with E-state index in [0.717, 1.165) is 0 Å². The van der Waals surface area contributed by atoms with E-state index in [1.54, 1.807) is 0 Å². The number of alkyl halides is 4. The summed E-state index contributed by atoms with van der Waals surface area (Å²) in [4.78, 5) is 0. The molecule has 0 aromatic rings. The van der Waals surface area contributed by atoms with Crippen LogP contribution in [0.1, 0.15) is 12.8 Å². The molecule has 2 heterocycles. The average Bonchev–Trinajstić information content (AvgIpc) is 2.17. The summed E-state index contributed by atoms with van der Waals surface area (Å²) in [5.41, 5.74) is 0. The van der Waals surface area contributed by atoms with Gasteiger partial charge in [0.15, 0.2) is 0 Å². The third-order valence-corrected chi connectivity index (χ3v) is 2.49. The Morgan fingerprint density at radius 3 is 0.889 bits per heavy atom. The van der Waals surface area contributed by atoms with Gasteiger partial charge in [0, 0.05) is 39.0 Å². The molecule has 0 spiro atoms. The normalized spacial score (nSPS) is 35.3. The zero-order valence-corrected chi connectivity index (χ0v) is 11.5. The maximum absolute atomic E-state index is 12.1. The van der Waals surface area contributed by atoms with Crippen molar-refractivity contribution in [1.29, 1.82) is 0 Å². The monoisotopic (exact) mass is 314 g/mol. The van der Waals surface area contributed by atoms with Crippen LogP contribution in [0.5, 0.6) is 0 Å². The van der Waals surface area contributed by atoms with Crippen LogP contribution in [0, 0.1) is 0 Å². The smallest absolute Gasteiger partial charge is 0.115 e. The molecular weight excluding hydrogens is 295 g/mol. The van der Waals surface area contributed by atoms with Crippen molar-refractivity contribution in [1.82, 2.24) is 10.6 Å². The zero-order chi connectivity index (χ0) is 12.0. The van der Waals surface area contributed by atoms with E-state index >= 15 is 0 Å². The minimum absolute atomic E-state index is 0. The van der Waals surface area contributed by atoms with Crippen LogP contribution in [0.25, 0.3) is 0 Å². The molecule has 0 saturated carbocycles. The van der Waals surface area contributed by atoms with Crippen LogP contribution in [-0.2, 0) is 0 Å². The highest BCUT2D eigenvalue weighted by Gasteiger charge is 2.20. The standard InChI is InChI=1S/2C5H9F2N.2ClH/c2*6-4-1-5(7)3-8-2-4;;/h2*4-5,8H,1-3H2;2*1H/t2*4-,5+;;. The van der Waals surface area contributed by atoms with E-state index in [1.165, 1.54) is 0 Å². The van der Waals surface area contributed by atoms with Gasteiger partial charge in [-0.2, -0.15) is 0 Å². The highest BCUT2D eigenvalue weighted by molar-refractivity contribution is 5.85. The molecule has 0 aromatic heterocycles. The van der Waals surface area contributed by atoms with Crippen LogP contribution in [0.15, 0.2) is 0 Å². The van der Waals surface area contributed by atoms with E-state index in [9.17, 15) is 17.6 Å². The van der Waals surface area contributed by atoms with Gasteiger partial charge in [-0.05, 0) is 0 Å². The van der Waals surface area contributed by atoms with Crippen LogP contribution in [0.4, 0.5) is 17.6 Å². The number of nitrogens with one attached hydrogen (secondary N) is 2. The molecule has 0 amide bonds. The van der Waals surface area contributed by atoms with Crippen LogP contribution >= 0.6 is 24.8 Å². The average molecular weight is 315 g/mol. The quantitative estimate of drug-likeness (QED) is 0.670. The molecule has 18 heavy (non-hydrogen) atoms. The Bertz CT molecular complexity index is 167. The van der Waals surface area contributed by atoms with Crippen LogP contribution < -0.4 is 10.6 Å². The molecule has 2 nitrogen and oxygen atoms in total. The van der Waals surface area contributed by atoms with E-state index in [1.807, 2.05) is 0 Å². The van der Waals surface area contributed by atoms with E-state index in [0.29, 0.717) is 26.2 Å². The summed E-state index contributed by atoms with van der Waals surface area (Å²) < 4.78 is 48.5. The van der Waals surface area contributed by atoms with Crippen LogP contribution in [0.2, 0.25) is 0 Å².